The highest BCUT2D eigenvalue weighted by molar-refractivity contribution is 5.91. The molecular formula is C13H9NO5. The van der Waals surface area contributed by atoms with Crippen LogP contribution in [0.15, 0.2) is 32.2 Å². The molecule has 96 valence electrons. The molecule has 0 aliphatic heterocycles. The summed E-state index contributed by atoms with van der Waals surface area (Å²) in [7, 11) is 0. The average molecular weight is 259 g/mol. The summed E-state index contributed by atoms with van der Waals surface area (Å²) in [5.74, 6) is 3.25. The third-order valence-corrected chi connectivity index (χ3v) is 2.27. The summed E-state index contributed by atoms with van der Waals surface area (Å²) in [6, 6.07) is 4.69. The molecule has 6 nitrogen and oxygen atoms in total. The lowest BCUT2D eigenvalue weighted by Gasteiger charge is -1.97. The highest BCUT2D eigenvalue weighted by Crippen LogP contribution is 2.10. The van der Waals surface area contributed by atoms with Gasteiger partial charge in [0.15, 0.2) is 0 Å². The van der Waals surface area contributed by atoms with E-state index in [-0.39, 0.29) is 17.6 Å². The molecule has 0 bridgehead atoms. The second-order valence-corrected chi connectivity index (χ2v) is 3.50. The van der Waals surface area contributed by atoms with E-state index in [4.69, 9.17) is 0 Å². The van der Waals surface area contributed by atoms with E-state index in [0.717, 1.165) is 0 Å². The molecule has 0 atom stereocenters. The zero-order valence-corrected chi connectivity index (χ0v) is 9.98. The van der Waals surface area contributed by atoms with Gasteiger partial charge in [-0.3, -0.25) is 4.98 Å². The zero-order valence-electron chi connectivity index (χ0n) is 9.98. The van der Waals surface area contributed by atoms with Crippen LogP contribution in [0.1, 0.15) is 12.5 Å². The van der Waals surface area contributed by atoms with Crippen LogP contribution in [-0.4, -0.2) is 17.6 Å². The number of benzene rings is 1. The highest BCUT2D eigenvalue weighted by atomic mass is 16.5. The monoisotopic (exact) mass is 259 g/mol. The molecule has 1 aromatic heterocycles. The molecule has 0 amide bonds. The van der Waals surface area contributed by atoms with Crippen molar-refractivity contribution in [2.75, 3.05) is 6.61 Å². The number of nitrogens with one attached hydrogen (secondary N) is 1. The normalized spacial score (nSPS) is 9.74. The van der Waals surface area contributed by atoms with Crippen LogP contribution in [0.25, 0.3) is 10.9 Å². The number of hydrogen-bond acceptors (Lipinski definition) is 5. The van der Waals surface area contributed by atoms with E-state index in [0.29, 0.717) is 5.52 Å². The summed E-state index contributed by atoms with van der Waals surface area (Å²) in [4.78, 5) is 36.2. The Bertz CT molecular complexity index is 803. The van der Waals surface area contributed by atoms with E-state index in [1.54, 1.807) is 25.1 Å². The standard InChI is InChI=1S/C13H9NO5/c1-2-18-10(15)7-6-8-4-3-5-9-11(8)12(16)19-13(17)14-9/h3-5H,2H2,1H3,(H,14,17). The Balaban J connectivity index is 2.59. The SMILES string of the molecule is CCOC(=O)C#Cc1cccc2[nH]c(=O)oc(=O)c12. The van der Waals surface area contributed by atoms with Crippen molar-refractivity contribution in [1.29, 1.82) is 0 Å². The van der Waals surface area contributed by atoms with Crippen molar-refractivity contribution in [3.63, 3.8) is 0 Å². The molecule has 0 aliphatic rings. The Morgan fingerprint density at radius 3 is 2.95 bits per heavy atom. The second-order valence-electron chi connectivity index (χ2n) is 3.50. The molecule has 1 aromatic carbocycles. The number of carbonyl (C=O) groups excluding carboxylic acids is 1. The summed E-state index contributed by atoms with van der Waals surface area (Å²) in [5, 5.41) is 0.124. The highest BCUT2D eigenvalue weighted by Gasteiger charge is 2.06. The molecule has 0 radical (unpaired) electrons. The van der Waals surface area contributed by atoms with E-state index in [1.807, 2.05) is 0 Å². The number of H-pyrrole nitrogens is 1. The van der Waals surface area contributed by atoms with Crippen molar-refractivity contribution in [2.45, 2.75) is 6.92 Å². The van der Waals surface area contributed by atoms with Crippen molar-refractivity contribution in [2.24, 2.45) is 0 Å². The first-order valence-corrected chi connectivity index (χ1v) is 5.46. The Hall–Kier alpha value is -2.81. The average Bonchev–Trinajstić information content (AvgIpc) is 2.36. The summed E-state index contributed by atoms with van der Waals surface area (Å²) >= 11 is 0. The largest absolute Gasteiger partial charge is 0.456 e. The van der Waals surface area contributed by atoms with Crippen molar-refractivity contribution < 1.29 is 13.9 Å². The van der Waals surface area contributed by atoms with Gasteiger partial charge in [0.1, 0.15) is 0 Å². The van der Waals surface area contributed by atoms with Gasteiger partial charge in [-0.2, -0.15) is 0 Å². The summed E-state index contributed by atoms with van der Waals surface area (Å²) in [6.07, 6.45) is 0. The molecule has 1 N–H and O–H groups in total. The van der Waals surface area contributed by atoms with Gasteiger partial charge in [0.2, 0.25) is 0 Å². The first-order chi connectivity index (χ1) is 9.11. The third kappa shape index (κ3) is 2.72. The van der Waals surface area contributed by atoms with Gasteiger partial charge in [-0.05, 0) is 19.1 Å². The molecule has 0 unspecified atom stereocenters. The minimum Gasteiger partial charge on any atom is -0.456 e. The fraction of sp³-hybridized carbons (Fsp3) is 0.154. The first-order valence-electron chi connectivity index (χ1n) is 5.46. The van der Waals surface area contributed by atoms with E-state index in [9.17, 15) is 14.4 Å². The topological polar surface area (TPSA) is 89.4 Å². The maximum absolute atomic E-state index is 11.6. The Morgan fingerprint density at radius 2 is 2.21 bits per heavy atom. The van der Waals surface area contributed by atoms with Crippen LogP contribution >= 0.6 is 0 Å². The minimum absolute atomic E-state index is 0.124. The van der Waals surface area contributed by atoms with Crippen molar-refractivity contribution >= 4 is 16.9 Å². The summed E-state index contributed by atoms with van der Waals surface area (Å²) < 4.78 is 9.09. The lowest BCUT2D eigenvalue weighted by molar-refractivity contribution is -0.136. The Labute approximate surface area is 107 Å². The lowest BCUT2D eigenvalue weighted by Crippen LogP contribution is -2.15. The maximum atomic E-state index is 11.6. The number of rotatable bonds is 1. The number of aromatic nitrogens is 1. The van der Waals surface area contributed by atoms with Crippen LogP contribution in [0.5, 0.6) is 0 Å². The molecule has 0 fully saturated rings. The van der Waals surface area contributed by atoms with E-state index in [2.05, 4.69) is 26.0 Å². The Morgan fingerprint density at radius 1 is 1.42 bits per heavy atom. The van der Waals surface area contributed by atoms with E-state index >= 15 is 0 Å². The molecule has 0 aliphatic carbocycles. The maximum Gasteiger partial charge on any atom is 0.419 e. The van der Waals surface area contributed by atoms with Crippen LogP contribution in [0, 0.1) is 11.8 Å². The van der Waals surface area contributed by atoms with Gasteiger partial charge in [-0.1, -0.05) is 12.0 Å². The predicted molar refractivity (Wildman–Crippen MR) is 66.6 cm³/mol. The fourth-order valence-corrected chi connectivity index (χ4v) is 1.54. The number of aromatic amines is 1. The molecule has 1 heterocycles. The molecule has 0 spiro atoms. The van der Waals surface area contributed by atoms with Crippen molar-refractivity contribution in [3.8, 4) is 11.8 Å². The summed E-state index contributed by atoms with van der Waals surface area (Å²) in [6.45, 7) is 1.88. The van der Waals surface area contributed by atoms with Gasteiger partial charge < -0.3 is 9.15 Å². The summed E-state index contributed by atoms with van der Waals surface area (Å²) in [5.41, 5.74) is -0.208. The smallest absolute Gasteiger partial charge is 0.419 e. The molecule has 2 rings (SSSR count). The number of carbonyl (C=O) groups is 1. The second kappa shape index (κ2) is 5.23. The van der Waals surface area contributed by atoms with Gasteiger partial charge in [0.05, 0.1) is 17.5 Å². The zero-order chi connectivity index (χ0) is 13.8. The van der Waals surface area contributed by atoms with Crippen LogP contribution in [0.2, 0.25) is 0 Å². The Kier molecular flexibility index (Phi) is 3.48. The number of esters is 1. The molecule has 2 aromatic rings. The van der Waals surface area contributed by atoms with Crippen molar-refractivity contribution in [3.05, 3.63) is 44.7 Å². The van der Waals surface area contributed by atoms with Crippen molar-refractivity contribution in [1.82, 2.24) is 4.98 Å². The number of ether oxygens (including phenoxy) is 1. The fourth-order valence-electron chi connectivity index (χ4n) is 1.54. The van der Waals surface area contributed by atoms with E-state index < -0.39 is 17.4 Å². The molecule has 6 heteroatoms. The predicted octanol–water partition coefficient (Wildman–Crippen LogP) is 0.396. The molecule has 0 saturated carbocycles. The van der Waals surface area contributed by atoms with Crippen LogP contribution < -0.4 is 11.4 Å². The third-order valence-electron chi connectivity index (χ3n) is 2.27. The van der Waals surface area contributed by atoms with Gasteiger partial charge >= 0.3 is 17.4 Å². The van der Waals surface area contributed by atoms with Crippen LogP contribution in [0.3, 0.4) is 0 Å². The number of fused-ring (bicyclic) bond motifs is 1. The first kappa shape index (κ1) is 12.6. The number of hydrogen-bond donors (Lipinski definition) is 1. The lowest BCUT2D eigenvalue weighted by atomic mass is 10.1. The molecule has 0 saturated heterocycles. The van der Waals surface area contributed by atoms with Crippen LogP contribution in [-0.2, 0) is 9.53 Å². The van der Waals surface area contributed by atoms with Gasteiger partial charge in [0.25, 0.3) is 0 Å². The van der Waals surface area contributed by atoms with Gasteiger partial charge in [0, 0.05) is 11.5 Å². The quantitative estimate of drug-likeness (QED) is 0.591. The van der Waals surface area contributed by atoms with Crippen LogP contribution in [0.4, 0.5) is 0 Å². The van der Waals surface area contributed by atoms with E-state index in [1.165, 1.54) is 0 Å². The minimum atomic E-state index is -0.840. The molecule has 19 heavy (non-hydrogen) atoms. The van der Waals surface area contributed by atoms with Gasteiger partial charge in [-0.15, -0.1) is 0 Å². The molecular weight excluding hydrogens is 250 g/mol. The van der Waals surface area contributed by atoms with Gasteiger partial charge in [-0.25, -0.2) is 14.4 Å².